The fraction of sp³-hybridized carbons (Fsp3) is 0.538. The lowest BCUT2D eigenvalue weighted by Gasteiger charge is -2.26. The molecular formula is C13H18ClNO. The first kappa shape index (κ1) is 11.7. The lowest BCUT2D eigenvalue weighted by Crippen LogP contribution is -2.27. The van der Waals surface area contributed by atoms with Crippen molar-refractivity contribution >= 4 is 11.6 Å². The number of hydrogen-bond acceptors (Lipinski definition) is 2. The van der Waals surface area contributed by atoms with E-state index in [-0.39, 0.29) is 0 Å². The molecule has 0 aliphatic carbocycles. The van der Waals surface area contributed by atoms with Crippen molar-refractivity contribution in [2.45, 2.75) is 32.6 Å². The summed E-state index contributed by atoms with van der Waals surface area (Å²) < 4.78 is 0. The van der Waals surface area contributed by atoms with Gasteiger partial charge in [0.25, 0.3) is 0 Å². The molecule has 1 aromatic rings. The van der Waals surface area contributed by atoms with Gasteiger partial charge >= 0.3 is 0 Å². The van der Waals surface area contributed by atoms with Crippen molar-refractivity contribution in [3.8, 4) is 5.75 Å². The van der Waals surface area contributed by atoms with E-state index in [4.69, 9.17) is 11.6 Å². The maximum atomic E-state index is 9.97. The smallest absolute Gasteiger partial charge is 0.121 e. The summed E-state index contributed by atoms with van der Waals surface area (Å²) in [5.74, 6) is 0.887. The van der Waals surface area contributed by atoms with Crippen LogP contribution in [-0.2, 0) is 0 Å². The highest BCUT2D eigenvalue weighted by Crippen LogP contribution is 2.38. The molecule has 1 aliphatic rings. The molecule has 2 rings (SSSR count). The van der Waals surface area contributed by atoms with Gasteiger partial charge in [0.15, 0.2) is 0 Å². The van der Waals surface area contributed by atoms with Gasteiger partial charge in [0.1, 0.15) is 5.75 Å². The van der Waals surface area contributed by atoms with Gasteiger partial charge in [-0.15, -0.1) is 0 Å². The predicted molar refractivity (Wildman–Crippen MR) is 67.4 cm³/mol. The number of phenols is 1. The van der Waals surface area contributed by atoms with E-state index >= 15 is 0 Å². The minimum atomic E-state index is 0.401. The fourth-order valence-electron chi connectivity index (χ4n) is 2.55. The highest BCUT2D eigenvalue weighted by Gasteiger charge is 2.22. The summed E-state index contributed by atoms with van der Waals surface area (Å²) in [6, 6.07) is 1.88. The molecule has 0 saturated carbocycles. The first-order valence-corrected chi connectivity index (χ1v) is 6.18. The van der Waals surface area contributed by atoms with Crippen LogP contribution in [0.2, 0.25) is 5.02 Å². The van der Waals surface area contributed by atoms with Crippen molar-refractivity contribution in [2.75, 3.05) is 13.1 Å². The van der Waals surface area contributed by atoms with Crippen LogP contribution in [0.15, 0.2) is 6.07 Å². The molecule has 1 fully saturated rings. The standard InChI is InChI=1S/C13H18ClNO/c1-8-7-11(14)12(9(2)13(8)16)10-3-5-15-6-4-10/h7,10,15-16H,3-6H2,1-2H3. The van der Waals surface area contributed by atoms with E-state index in [0.29, 0.717) is 11.7 Å². The van der Waals surface area contributed by atoms with E-state index < -0.39 is 0 Å². The largest absolute Gasteiger partial charge is 0.507 e. The molecular weight excluding hydrogens is 222 g/mol. The predicted octanol–water partition coefficient (Wildman–Crippen LogP) is 3.13. The third-order valence-electron chi connectivity index (χ3n) is 3.48. The summed E-state index contributed by atoms with van der Waals surface area (Å²) in [6.07, 6.45) is 2.20. The number of hydrogen-bond donors (Lipinski definition) is 2. The summed E-state index contributed by atoms with van der Waals surface area (Å²) >= 11 is 6.31. The molecule has 1 aromatic carbocycles. The lowest BCUT2D eigenvalue weighted by atomic mass is 9.86. The zero-order valence-electron chi connectivity index (χ0n) is 9.81. The number of halogens is 1. The number of rotatable bonds is 1. The van der Waals surface area contributed by atoms with Crippen molar-refractivity contribution in [1.29, 1.82) is 0 Å². The molecule has 1 saturated heterocycles. The molecule has 0 amide bonds. The van der Waals surface area contributed by atoms with E-state index in [1.54, 1.807) is 0 Å². The molecule has 88 valence electrons. The minimum absolute atomic E-state index is 0.401. The van der Waals surface area contributed by atoms with Gasteiger partial charge in [-0.3, -0.25) is 0 Å². The van der Waals surface area contributed by atoms with Crippen LogP contribution in [0.25, 0.3) is 0 Å². The molecule has 0 bridgehead atoms. The van der Waals surface area contributed by atoms with Crippen molar-refractivity contribution in [1.82, 2.24) is 5.32 Å². The fourth-order valence-corrected chi connectivity index (χ4v) is 3.01. The maximum Gasteiger partial charge on any atom is 0.121 e. The maximum absolute atomic E-state index is 9.97. The van der Waals surface area contributed by atoms with Crippen LogP contribution >= 0.6 is 11.6 Å². The molecule has 1 heterocycles. The Labute approximate surface area is 102 Å². The normalized spacial score (nSPS) is 17.7. The zero-order valence-corrected chi connectivity index (χ0v) is 10.6. The minimum Gasteiger partial charge on any atom is -0.507 e. The Morgan fingerprint density at radius 2 is 1.94 bits per heavy atom. The Kier molecular flexibility index (Phi) is 3.41. The Bertz CT molecular complexity index is 397. The number of piperidine rings is 1. The van der Waals surface area contributed by atoms with Crippen LogP contribution in [0, 0.1) is 13.8 Å². The second-order valence-corrected chi connectivity index (χ2v) is 4.99. The van der Waals surface area contributed by atoms with Gasteiger partial charge < -0.3 is 10.4 Å². The van der Waals surface area contributed by atoms with Gasteiger partial charge in [-0.2, -0.15) is 0 Å². The number of phenolic OH excluding ortho intramolecular Hbond substituents is 1. The van der Waals surface area contributed by atoms with Gasteiger partial charge in [-0.1, -0.05) is 11.6 Å². The van der Waals surface area contributed by atoms with Crippen molar-refractivity contribution in [3.05, 3.63) is 27.8 Å². The molecule has 0 atom stereocenters. The highest BCUT2D eigenvalue weighted by molar-refractivity contribution is 6.31. The van der Waals surface area contributed by atoms with Crippen molar-refractivity contribution in [3.63, 3.8) is 0 Å². The Hall–Kier alpha value is -0.730. The van der Waals surface area contributed by atoms with Gasteiger partial charge in [-0.25, -0.2) is 0 Å². The molecule has 0 radical (unpaired) electrons. The average molecular weight is 240 g/mol. The second kappa shape index (κ2) is 4.64. The molecule has 16 heavy (non-hydrogen) atoms. The van der Waals surface area contributed by atoms with E-state index in [9.17, 15) is 5.11 Å². The van der Waals surface area contributed by atoms with E-state index in [0.717, 1.165) is 47.6 Å². The first-order valence-electron chi connectivity index (χ1n) is 5.80. The van der Waals surface area contributed by atoms with Crippen LogP contribution in [0.5, 0.6) is 5.75 Å². The molecule has 2 N–H and O–H groups in total. The molecule has 2 nitrogen and oxygen atoms in total. The van der Waals surface area contributed by atoms with E-state index in [2.05, 4.69) is 5.32 Å². The number of benzene rings is 1. The molecule has 3 heteroatoms. The molecule has 0 aromatic heterocycles. The molecule has 1 aliphatic heterocycles. The van der Waals surface area contributed by atoms with Crippen LogP contribution in [-0.4, -0.2) is 18.2 Å². The average Bonchev–Trinajstić information content (AvgIpc) is 2.28. The topological polar surface area (TPSA) is 32.3 Å². The zero-order chi connectivity index (χ0) is 11.7. The summed E-state index contributed by atoms with van der Waals surface area (Å²) in [6.45, 7) is 5.93. The van der Waals surface area contributed by atoms with Crippen LogP contribution in [0.1, 0.15) is 35.4 Å². The third-order valence-corrected chi connectivity index (χ3v) is 3.79. The highest BCUT2D eigenvalue weighted by atomic mass is 35.5. The van der Waals surface area contributed by atoms with Gasteiger partial charge in [-0.05, 0) is 68.5 Å². The monoisotopic (exact) mass is 239 g/mol. The quantitative estimate of drug-likeness (QED) is 0.789. The van der Waals surface area contributed by atoms with Crippen molar-refractivity contribution in [2.24, 2.45) is 0 Å². The summed E-state index contributed by atoms with van der Waals surface area (Å²) in [5, 5.41) is 14.1. The van der Waals surface area contributed by atoms with Crippen LogP contribution < -0.4 is 5.32 Å². The summed E-state index contributed by atoms with van der Waals surface area (Å²) in [4.78, 5) is 0. The van der Waals surface area contributed by atoms with E-state index in [1.807, 2.05) is 19.9 Å². The Balaban J connectivity index is 2.42. The molecule has 0 spiro atoms. The molecule has 0 unspecified atom stereocenters. The number of aromatic hydroxyl groups is 1. The SMILES string of the molecule is Cc1cc(Cl)c(C2CCNCC2)c(C)c1O. The lowest BCUT2D eigenvalue weighted by molar-refractivity contribution is 0.446. The Morgan fingerprint density at radius 3 is 2.56 bits per heavy atom. The number of aryl methyl sites for hydroxylation is 1. The van der Waals surface area contributed by atoms with E-state index in [1.165, 1.54) is 0 Å². The second-order valence-electron chi connectivity index (χ2n) is 4.59. The van der Waals surface area contributed by atoms with Crippen molar-refractivity contribution < 1.29 is 5.11 Å². The first-order chi connectivity index (χ1) is 7.61. The number of nitrogens with one attached hydrogen (secondary N) is 1. The van der Waals surface area contributed by atoms with Gasteiger partial charge in [0, 0.05) is 5.02 Å². The van der Waals surface area contributed by atoms with Gasteiger partial charge in [0.2, 0.25) is 0 Å². The third kappa shape index (κ3) is 2.04. The Morgan fingerprint density at radius 1 is 1.31 bits per heavy atom. The summed E-state index contributed by atoms with van der Waals surface area (Å²) in [7, 11) is 0. The van der Waals surface area contributed by atoms with Gasteiger partial charge in [0.05, 0.1) is 0 Å². The van der Waals surface area contributed by atoms with Crippen LogP contribution in [0.3, 0.4) is 0 Å². The summed E-state index contributed by atoms with van der Waals surface area (Å²) in [5.41, 5.74) is 2.96. The van der Waals surface area contributed by atoms with Crippen LogP contribution in [0.4, 0.5) is 0 Å².